The predicted octanol–water partition coefficient (Wildman–Crippen LogP) is 2.64. The lowest BCUT2D eigenvalue weighted by atomic mass is 10.2. The highest BCUT2D eigenvalue weighted by molar-refractivity contribution is 7.17. The Hall–Kier alpha value is -2.41. The second-order valence-corrected chi connectivity index (χ2v) is 5.96. The first kappa shape index (κ1) is 17.0. The number of hydrogen-bond acceptors (Lipinski definition) is 6. The Labute approximate surface area is 140 Å². The molecule has 0 spiro atoms. The molecule has 2 aromatic rings. The molecule has 3 N–H and O–H groups in total. The average molecular weight is 331 g/mol. The van der Waals surface area contributed by atoms with Crippen LogP contribution in [0.3, 0.4) is 0 Å². The number of amides is 1. The quantitative estimate of drug-likeness (QED) is 0.629. The number of anilines is 2. The summed E-state index contributed by atoms with van der Waals surface area (Å²) in [6.45, 7) is 7.94. The molecule has 1 heterocycles. The molecule has 1 amide bonds. The number of nitrogens with one attached hydrogen (secondary N) is 1. The summed E-state index contributed by atoms with van der Waals surface area (Å²) in [5.74, 6) is -0.298. The van der Waals surface area contributed by atoms with E-state index < -0.39 is 0 Å². The number of carbonyl (C=O) groups is 1. The molecule has 122 valence electrons. The molecule has 0 bridgehead atoms. The molecule has 0 saturated heterocycles. The number of nitrogens with zero attached hydrogens (tertiary/aromatic N) is 3. The van der Waals surface area contributed by atoms with Gasteiger partial charge in [-0.3, -0.25) is 4.79 Å². The molecule has 0 aliphatic heterocycles. The first-order valence-electron chi connectivity index (χ1n) is 7.46. The number of hydrogen-bond donors (Lipinski definition) is 2. The van der Waals surface area contributed by atoms with Crippen LogP contribution in [0.1, 0.15) is 34.8 Å². The van der Waals surface area contributed by atoms with Crippen molar-refractivity contribution in [1.29, 1.82) is 0 Å². The predicted molar refractivity (Wildman–Crippen MR) is 96.3 cm³/mol. The van der Waals surface area contributed by atoms with Crippen molar-refractivity contribution in [1.82, 2.24) is 10.4 Å². The van der Waals surface area contributed by atoms with E-state index in [-0.39, 0.29) is 5.91 Å². The van der Waals surface area contributed by atoms with Crippen molar-refractivity contribution in [3.05, 3.63) is 40.4 Å². The highest BCUT2D eigenvalue weighted by Crippen LogP contribution is 2.19. The minimum atomic E-state index is -0.298. The summed E-state index contributed by atoms with van der Waals surface area (Å²) in [5, 5.41) is 4.36. The molecular weight excluding hydrogens is 310 g/mol. The number of thiazole rings is 1. The molecule has 7 heteroatoms. The van der Waals surface area contributed by atoms with Crippen LogP contribution in [-0.2, 0) is 0 Å². The van der Waals surface area contributed by atoms with E-state index in [2.05, 4.69) is 34.3 Å². The maximum Gasteiger partial charge on any atom is 0.283 e. The van der Waals surface area contributed by atoms with Gasteiger partial charge < -0.3 is 10.6 Å². The Balaban J connectivity index is 1.98. The van der Waals surface area contributed by atoms with Crippen LogP contribution in [0.5, 0.6) is 0 Å². The van der Waals surface area contributed by atoms with E-state index >= 15 is 0 Å². The smallest absolute Gasteiger partial charge is 0.283 e. The number of aryl methyl sites for hydroxylation is 1. The van der Waals surface area contributed by atoms with Gasteiger partial charge in [-0.25, -0.2) is 10.4 Å². The van der Waals surface area contributed by atoms with E-state index in [0.29, 0.717) is 15.7 Å². The molecule has 2 rings (SSSR count). The van der Waals surface area contributed by atoms with Crippen molar-refractivity contribution in [3.63, 3.8) is 0 Å². The lowest BCUT2D eigenvalue weighted by molar-refractivity contribution is 0.0958. The third-order valence-electron chi connectivity index (χ3n) is 3.42. The molecule has 0 saturated carbocycles. The van der Waals surface area contributed by atoms with Gasteiger partial charge >= 0.3 is 0 Å². The van der Waals surface area contributed by atoms with Crippen LogP contribution in [0.15, 0.2) is 29.4 Å². The summed E-state index contributed by atoms with van der Waals surface area (Å²) in [6.07, 6.45) is 1.61. The van der Waals surface area contributed by atoms with Gasteiger partial charge in [-0.05, 0) is 38.5 Å². The van der Waals surface area contributed by atoms with E-state index in [0.717, 1.165) is 30.0 Å². The Morgan fingerprint density at radius 2 is 2.00 bits per heavy atom. The van der Waals surface area contributed by atoms with Crippen molar-refractivity contribution in [2.45, 2.75) is 20.8 Å². The first-order chi connectivity index (χ1) is 11.0. The van der Waals surface area contributed by atoms with Crippen LogP contribution < -0.4 is 16.1 Å². The van der Waals surface area contributed by atoms with Gasteiger partial charge in [0.1, 0.15) is 4.88 Å². The molecule has 1 aromatic carbocycles. The van der Waals surface area contributed by atoms with E-state index in [1.165, 1.54) is 5.69 Å². The molecular formula is C16H21N5OS. The average Bonchev–Trinajstić information content (AvgIpc) is 2.88. The third-order valence-corrected chi connectivity index (χ3v) is 4.41. The lowest BCUT2D eigenvalue weighted by Gasteiger charge is -2.20. The monoisotopic (exact) mass is 331 g/mol. The minimum Gasteiger partial charge on any atom is -0.375 e. The fourth-order valence-electron chi connectivity index (χ4n) is 2.20. The number of aromatic nitrogens is 1. The van der Waals surface area contributed by atoms with Crippen molar-refractivity contribution in [2.24, 2.45) is 5.10 Å². The number of carbonyl (C=O) groups excluding carboxylic acids is 1. The topological polar surface area (TPSA) is 83.6 Å². The number of nitrogens with two attached hydrogens (primary N) is 1. The van der Waals surface area contributed by atoms with Crippen LogP contribution in [-0.4, -0.2) is 30.2 Å². The molecule has 6 nitrogen and oxygen atoms in total. The summed E-state index contributed by atoms with van der Waals surface area (Å²) in [6, 6.07) is 8.03. The number of nitrogen functional groups attached to an aromatic ring is 1. The van der Waals surface area contributed by atoms with Gasteiger partial charge in [0, 0.05) is 18.8 Å². The van der Waals surface area contributed by atoms with E-state index in [4.69, 9.17) is 5.73 Å². The zero-order valence-corrected chi connectivity index (χ0v) is 14.4. The fraction of sp³-hybridized carbons (Fsp3) is 0.312. The van der Waals surface area contributed by atoms with Crippen molar-refractivity contribution >= 4 is 34.3 Å². The number of benzene rings is 1. The Kier molecular flexibility index (Phi) is 5.70. The summed E-state index contributed by atoms with van der Waals surface area (Å²) in [7, 11) is 0. The van der Waals surface area contributed by atoms with Crippen LogP contribution in [0.4, 0.5) is 10.8 Å². The van der Waals surface area contributed by atoms with E-state index in [1.807, 2.05) is 24.3 Å². The van der Waals surface area contributed by atoms with Crippen molar-refractivity contribution in [2.75, 3.05) is 23.7 Å². The van der Waals surface area contributed by atoms with Crippen molar-refractivity contribution < 1.29 is 4.79 Å². The zero-order chi connectivity index (χ0) is 16.8. The van der Waals surface area contributed by atoms with Crippen molar-refractivity contribution in [3.8, 4) is 0 Å². The standard InChI is InChI=1S/C16H21N5OS/c1-4-21(5-2)13-8-6-12(7-9-13)10-18-20-15(22)14-11(3)19-16(17)23-14/h6-10H,4-5H2,1-3H3,(H2,17,19)(H,20,22)/b18-10+. The maximum atomic E-state index is 12.0. The second kappa shape index (κ2) is 7.73. The largest absolute Gasteiger partial charge is 0.375 e. The summed E-state index contributed by atoms with van der Waals surface area (Å²) < 4.78 is 0. The van der Waals surface area contributed by atoms with Gasteiger partial charge in [0.2, 0.25) is 0 Å². The molecule has 23 heavy (non-hydrogen) atoms. The Bertz CT molecular complexity index is 689. The third kappa shape index (κ3) is 4.29. The molecule has 0 atom stereocenters. The number of rotatable bonds is 6. The van der Waals surface area contributed by atoms with Crippen LogP contribution in [0.2, 0.25) is 0 Å². The SMILES string of the molecule is CCN(CC)c1ccc(/C=N/NC(=O)c2sc(N)nc2C)cc1. The van der Waals surface area contributed by atoms with Crippen LogP contribution in [0.25, 0.3) is 0 Å². The normalized spacial score (nSPS) is 10.9. The molecule has 0 aliphatic rings. The van der Waals surface area contributed by atoms with Crippen LogP contribution >= 0.6 is 11.3 Å². The highest BCUT2D eigenvalue weighted by Gasteiger charge is 2.13. The summed E-state index contributed by atoms with van der Waals surface area (Å²) in [5.41, 5.74) is 10.8. The molecule has 0 unspecified atom stereocenters. The van der Waals surface area contributed by atoms with Gasteiger partial charge in [0.25, 0.3) is 5.91 Å². The molecule has 0 aliphatic carbocycles. The fourth-order valence-corrected chi connectivity index (χ4v) is 2.93. The Morgan fingerprint density at radius 3 is 2.52 bits per heavy atom. The first-order valence-corrected chi connectivity index (χ1v) is 8.28. The van der Waals surface area contributed by atoms with Gasteiger partial charge in [-0.15, -0.1) is 0 Å². The summed E-state index contributed by atoms with van der Waals surface area (Å²) >= 11 is 1.15. The highest BCUT2D eigenvalue weighted by atomic mass is 32.1. The van der Waals surface area contributed by atoms with Gasteiger partial charge in [0.15, 0.2) is 5.13 Å². The minimum absolute atomic E-state index is 0.298. The van der Waals surface area contributed by atoms with Gasteiger partial charge in [0.05, 0.1) is 11.9 Å². The van der Waals surface area contributed by atoms with Gasteiger partial charge in [-0.1, -0.05) is 23.5 Å². The number of hydrazone groups is 1. The molecule has 0 radical (unpaired) electrons. The van der Waals surface area contributed by atoms with Crippen LogP contribution in [0, 0.1) is 6.92 Å². The zero-order valence-electron chi connectivity index (χ0n) is 13.5. The molecule has 1 aromatic heterocycles. The lowest BCUT2D eigenvalue weighted by Crippen LogP contribution is -2.21. The maximum absolute atomic E-state index is 12.0. The Morgan fingerprint density at radius 1 is 1.35 bits per heavy atom. The second-order valence-electron chi connectivity index (χ2n) is 4.93. The van der Waals surface area contributed by atoms with Gasteiger partial charge in [-0.2, -0.15) is 5.10 Å². The summed E-state index contributed by atoms with van der Waals surface area (Å²) in [4.78, 5) is 18.7. The molecule has 0 fully saturated rings. The van der Waals surface area contributed by atoms with E-state index in [1.54, 1.807) is 13.1 Å². The van der Waals surface area contributed by atoms with E-state index in [9.17, 15) is 4.79 Å².